The molecule has 0 amide bonds. The third-order valence-corrected chi connectivity index (χ3v) is 4.07. The first-order valence-corrected chi connectivity index (χ1v) is 7.78. The number of nitrogens with one attached hydrogen (secondary N) is 2. The number of hydrogen-bond donors (Lipinski definition) is 2. The van der Waals surface area contributed by atoms with Gasteiger partial charge in [0, 0.05) is 6.04 Å². The largest absolute Gasteiger partial charge is 0.360 e. The van der Waals surface area contributed by atoms with Crippen molar-refractivity contribution in [3.63, 3.8) is 0 Å². The van der Waals surface area contributed by atoms with Gasteiger partial charge < -0.3 is 10.6 Å². The molecule has 0 radical (unpaired) electrons. The molecule has 1 atom stereocenters. The minimum atomic E-state index is 0.256. The first kappa shape index (κ1) is 14.3. The Kier molecular flexibility index (Phi) is 5.64. The van der Waals surface area contributed by atoms with Gasteiger partial charge in [-0.15, -0.1) is 0 Å². The zero-order valence-corrected chi connectivity index (χ0v) is 12.5. The van der Waals surface area contributed by atoms with Crippen LogP contribution in [0.2, 0.25) is 0 Å². The van der Waals surface area contributed by atoms with Crippen LogP contribution in [0.15, 0.2) is 30.3 Å². The molecule has 0 aliphatic heterocycles. The molecule has 3 heteroatoms. The summed E-state index contributed by atoms with van der Waals surface area (Å²) in [4.78, 5) is 0. The van der Waals surface area contributed by atoms with Crippen molar-refractivity contribution in [2.75, 3.05) is 0 Å². The minimum Gasteiger partial charge on any atom is -0.360 e. The fourth-order valence-corrected chi connectivity index (χ4v) is 3.02. The molecular formula is C16H24N2S. The summed E-state index contributed by atoms with van der Waals surface area (Å²) in [6.45, 7) is 2.15. The van der Waals surface area contributed by atoms with Crippen LogP contribution in [0.5, 0.6) is 0 Å². The molecule has 0 heterocycles. The Morgan fingerprint density at radius 3 is 2.37 bits per heavy atom. The second-order valence-corrected chi connectivity index (χ2v) is 5.85. The lowest BCUT2D eigenvalue weighted by molar-refractivity contribution is 0.524. The van der Waals surface area contributed by atoms with E-state index in [0.717, 1.165) is 5.11 Å². The molecule has 2 rings (SSSR count). The summed E-state index contributed by atoms with van der Waals surface area (Å²) in [5, 5.41) is 7.66. The summed E-state index contributed by atoms with van der Waals surface area (Å²) in [6.07, 6.45) is 7.91. The lowest BCUT2D eigenvalue weighted by atomic mass is 10.1. The van der Waals surface area contributed by atoms with Gasteiger partial charge in [-0.2, -0.15) is 0 Å². The van der Waals surface area contributed by atoms with Crippen molar-refractivity contribution in [2.45, 2.75) is 57.5 Å². The normalized spacial score (nSPS) is 18.4. The average molecular weight is 276 g/mol. The van der Waals surface area contributed by atoms with Crippen molar-refractivity contribution >= 4 is 17.3 Å². The topological polar surface area (TPSA) is 24.1 Å². The van der Waals surface area contributed by atoms with Crippen LogP contribution in [0.1, 0.15) is 57.1 Å². The van der Waals surface area contributed by atoms with E-state index in [9.17, 15) is 0 Å². The van der Waals surface area contributed by atoms with E-state index in [4.69, 9.17) is 12.2 Å². The smallest absolute Gasteiger partial charge is 0.166 e. The summed E-state index contributed by atoms with van der Waals surface area (Å²) >= 11 is 5.43. The van der Waals surface area contributed by atoms with E-state index in [2.05, 4.69) is 41.8 Å². The minimum absolute atomic E-state index is 0.256. The molecule has 19 heavy (non-hydrogen) atoms. The Hall–Kier alpha value is -1.09. The predicted molar refractivity (Wildman–Crippen MR) is 85.2 cm³/mol. The van der Waals surface area contributed by atoms with E-state index in [1.807, 2.05) is 6.07 Å². The third-order valence-electron chi connectivity index (χ3n) is 3.84. The van der Waals surface area contributed by atoms with E-state index in [1.54, 1.807) is 0 Å². The third kappa shape index (κ3) is 4.83. The Morgan fingerprint density at radius 1 is 1.11 bits per heavy atom. The van der Waals surface area contributed by atoms with Crippen molar-refractivity contribution in [1.29, 1.82) is 0 Å². The van der Waals surface area contributed by atoms with Gasteiger partial charge in [0.05, 0.1) is 6.04 Å². The van der Waals surface area contributed by atoms with Gasteiger partial charge in [0.15, 0.2) is 5.11 Å². The summed E-state index contributed by atoms with van der Waals surface area (Å²) in [5.41, 5.74) is 1.27. The van der Waals surface area contributed by atoms with Crippen molar-refractivity contribution in [2.24, 2.45) is 0 Å². The molecule has 0 aromatic heterocycles. The van der Waals surface area contributed by atoms with Crippen molar-refractivity contribution in [1.82, 2.24) is 10.6 Å². The van der Waals surface area contributed by atoms with Crippen molar-refractivity contribution < 1.29 is 0 Å². The molecule has 1 saturated carbocycles. The zero-order valence-electron chi connectivity index (χ0n) is 11.7. The van der Waals surface area contributed by atoms with Gasteiger partial charge in [-0.25, -0.2) is 0 Å². The Bertz CT molecular complexity index is 383. The molecule has 0 saturated heterocycles. The van der Waals surface area contributed by atoms with Crippen LogP contribution in [0.3, 0.4) is 0 Å². The fraction of sp³-hybridized carbons (Fsp3) is 0.562. The molecular weight excluding hydrogens is 252 g/mol. The monoisotopic (exact) mass is 276 g/mol. The summed E-state index contributed by atoms with van der Waals surface area (Å²) in [5.74, 6) is 0. The van der Waals surface area contributed by atoms with E-state index in [0.29, 0.717) is 6.04 Å². The lowest BCUT2D eigenvalue weighted by Gasteiger charge is -2.22. The van der Waals surface area contributed by atoms with Gasteiger partial charge in [0.1, 0.15) is 0 Å². The number of rotatable bonds is 3. The molecule has 1 aliphatic carbocycles. The molecule has 104 valence electrons. The van der Waals surface area contributed by atoms with Gasteiger partial charge in [-0.3, -0.25) is 0 Å². The summed E-state index contributed by atoms with van der Waals surface area (Å²) < 4.78 is 0. The highest BCUT2D eigenvalue weighted by atomic mass is 32.1. The molecule has 1 fully saturated rings. The quantitative estimate of drug-likeness (QED) is 0.646. The van der Waals surface area contributed by atoms with Crippen LogP contribution in [0.25, 0.3) is 0 Å². The van der Waals surface area contributed by atoms with Crippen molar-refractivity contribution in [3.8, 4) is 0 Å². The predicted octanol–water partition coefficient (Wildman–Crippen LogP) is 3.93. The van der Waals surface area contributed by atoms with Crippen LogP contribution < -0.4 is 10.6 Å². The van der Waals surface area contributed by atoms with Gasteiger partial charge in [-0.05, 0) is 37.5 Å². The number of hydrogen-bond acceptors (Lipinski definition) is 1. The second kappa shape index (κ2) is 7.49. The van der Waals surface area contributed by atoms with Gasteiger partial charge in [-0.1, -0.05) is 56.0 Å². The molecule has 0 unspecified atom stereocenters. The fourth-order valence-electron chi connectivity index (χ4n) is 2.67. The molecule has 1 aromatic rings. The van der Waals surface area contributed by atoms with Crippen molar-refractivity contribution in [3.05, 3.63) is 35.9 Å². The Balaban J connectivity index is 1.80. The molecule has 1 aliphatic rings. The standard InChI is InChI=1S/C16H24N2S/c1-13(14-9-5-4-6-10-14)17-16(19)18-15-11-7-2-3-8-12-15/h4-6,9-10,13,15H,2-3,7-8,11-12H2,1H3,(H2,17,18,19)/t13-/m0/s1. The molecule has 1 aromatic carbocycles. The molecule has 2 nitrogen and oxygen atoms in total. The number of thiocarbonyl (C=S) groups is 1. The van der Waals surface area contributed by atoms with Crippen LogP contribution >= 0.6 is 12.2 Å². The number of benzene rings is 1. The second-order valence-electron chi connectivity index (χ2n) is 5.44. The van der Waals surface area contributed by atoms with E-state index in [-0.39, 0.29) is 6.04 Å². The van der Waals surface area contributed by atoms with Crippen LogP contribution in [-0.4, -0.2) is 11.2 Å². The zero-order chi connectivity index (χ0) is 13.5. The molecule has 0 bridgehead atoms. The van der Waals surface area contributed by atoms with E-state index in [1.165, 1.54) is 44.1 Å². The molecule has 0 spiro atoms. The maximum atomic E-state index is 5.43. The van der Waals surface area contributed by atoms with Crippen LogP contribution in [0.4, 0.5) is 0 Å². The van der Waals surface area contributed by atoms with E-state index < -0.39 is 0 Å². The maximum absolute atomic E-state index is 5.43. The highest BCUT2D eigenvalue weighted by molar-refractivity contribution is 7.80. The average Bonchev–Trinajstić information content (AvgIpc) is 2.68. The Labute approximate surface area is 122 Å². The van der Waals surface area contributed by atoms with Crippen LogP contribution in [0, 0.1) is 0 Å². The first-order valence-electron chi connectivity index (χ1n) is 7.37. The lowest BCUT2D eigenvalue weighted by Crippen LogP contribution is -2.42. The summed E-state index contributed by atoms with van der Waals surface area (Å²) in [6, 6.07) is 11.2. The van der Waals surface area contributed by atoms with Gasteiger partial charge >= 0.3 is 0 Å². The van der Waals surface area contributed by atoms with Gasteiger partial charge in [0.2, 0.25) is 0 Å². The van der Waals surface area contributed by atoms with E-state index >= 15 is 0 Å². The Morgan fingerprint density at radius 2 is 1.74 bits per heavy atom. The first-order chi connectivity index (χ1) is 9.25. The molecule has 2 N–H and O–H groups in total. The highest BCUT2D eigenvalue weighted by Gasteiger charge is 2.14. The highest BCUT2D eigenvalue weighted by Crippen LogP contribution is 2.17. The van der Waals surface area contributed by atoms with Gasteiger partial charge in [0.25, 0.3) is 0 Å². The maximum Gasteiger partial charge on any atom is 0.166 e. The summed E-state index contributed by atoms with van der Waals surface area (Å²) in [7, 11) is 0. The SMILES string of the molecule is C[C@H](NC(=S)NC1CCCCCC1)c1ccccc1. The van der Waals surface area contributed by atoms with Crippen LogP contribution in [-0.2, 0) is 0 Å².